The molecule has 2 aromatic heterocycles. The van der Waals surface area contributed by atoms with Crippen LogP contribution in [0.3, 0.4) is 0 Å². The van der Waals surface area contributed by atoms with Gasteiger partial charge in [0.1, 0.15) is 6.54 Å². The quantitative estimate of drug-likeness (QED) is 0.889. The van der Waals surface area contributed by atoms with E-state index in [0.717, 1.165) is 0 Å². The molecule has 0 aromatic carbocycles. The van der Waals surface area contributed by atoms with Crippen LogP contribution in [-0.4, -0.2) is 34.8 Å². The Hall–Kier alpha value is -2.15. The van der Waals surface area contributed by atoms with Gasteiger partial charge < -0.3 is 14.6 Å². The Morgan fingerprint density at radius 3 is 2.86 bits per heavy atom. The van der Waals surface area contributed by atoms with Gasteiger partial charge in [-0.15, -0.1) is 11.3 Å². The Kier molecular flexibility index (Phi) is 5.10. The van der Waals surface area contributed by atoms with Crippen LogP contribution in [0.5, 0.6) is 0 Å². The topological polar surface area (TPSA) is 75.4 Å². The zero-order valence-electron chi connectivity index (χ0n) is 11.9. The molecule has 0 saturated carbocycles. The number of rotatable bonds is 6. The zero-order chi connectivity index (χ0) is 15.2. The average molecular weight is 307 g/mol. The van der Waals surface area contributed by atoms with Crippen molar-refractivity contribution in [3.8, 4) is 0 Å². The molecule has 2 aromatic rings. The molecule has 2 amide bonds. The number of carbonyl (C=O) groups excluding carboxylic acids is 2. The molecule has 0 fully saturated rings. The number of aromatic nitrogens is 1. The van der Waals surface area contributed by atoms with E-state index in [0.29, 0.717) is 11.7 Å². The summed E-state index contributed by atoms with van der Waals surface area (Å²) in [5, 5.41) is 4.97. The lowest BCUT2D eigenvalue weighted by Crippen LogP contribution is -2.40. The normalized spacial score (nSPS) is 10.6. The molecule has 0 atom stereocenters. The number of anilines is 1. The van der Waals surface area contributed by atoms with E-state index in [4.69, 9.17) is 4.42 Å². The van der Waals surface area contributed by atoms with Gasteiger partial charge in [0.05, 0.1) is 6.26 Å². The van der Waals surface area contributed by atoms with Crippen molar-refractivity contribution in [1.29, 1.82) is 0 Å². The fraction of sp³-hybridized carbons (Fsp3) is 0.357. The van der Waals surface area contributed by atoms with E-state index < -0.39 is 0 Å². The summed E-state index contributed by atoms with van der Waals surface area (Å²) >= 11 is 1.33. The van der Waals surface area contributed by atoms with Crippen LogP contribution in [0.2, 0.25) is 0 Å². The van der Waals surface area contributed by atoms with Crippen molar-refractivity contribution in [2.24, 2.45) is 5.92 Å². The number of hydrogen-bond acceptors (Lipinski definition) is 5. The van der Waals surface area contributed by atoms with Crippen molar-refractivity contribution >= 4 is 28.3 Å². The van der Waals surface area contributed by atoms with Crippen LogP contribution in [0.15, 0.2) is 34.4 Å². The molecule has 0 aliphatic rings. The molecule has 0 radical (unpaired) electrons. The molecule has 0 aliphatic heterocycles. The second-order valence-electron chi connectivity index (χ2n) is 4.94. The molecule has 0 unspecified atom stereocenters. The van der Waals surface area contributed by atoms with Crippen LogP contribution >= 0.6 is 11.3 Å². The summed E-state index contributed by atoms with van der Waals surface area (Å²) in [7, 11) is 0. The summed E-state index contributed by atoms with van der Waals surface area (Å²) in [6.45, 7) is 4.42. The van der Waals surface area contributed by atoms with Gasteiger partial charge in [-0.2, -0.15) is 0 Å². The van der Waals surface area contributed by atoms with Crippen LogP contribution < -0.4 is 5.32 Å². The van der Waals surface area contributed by atoms with Gasteiger partial charge in [-0.05, 0) is 18.1 Å². The molecule has 0 spiro atoms. The average Bonchev–Trinajstić information content (AvgIpc) is 3.09. The van der Waals surface area contributed by atoms with E-state index in [1.807, 2.05) is 13.8 Å². The van der Waals surface area contributed by atoms with E-state index in [-0.39, 0.29) is 30.0 Å². The number of hydrogen-bond donors (Lipinski definition) is 1. The molecular weight excluding hydrogens is 290 g/mol. The minimum atomic E-state index is -0.289. The maximum absolute atomic E-state index is 12.3. The van der Waals surface area contributed by atoms with Crippen molar-refractivity contribution in [2.45, 2.75) is 13.8 Å². The zero-order valence-corrected chi connectivity index (χ0v) is 12.7. The number of furan rings is 1. The fourth-order valence-electron chi connectivity index (χ4n) is 1.83. The Morgan fingerprint density at radius 1 is 1.48 bits per heavy atom. The smallest absolute Gasteiger partial charge is 0.290 e. The summed E-state index contributed by atoms with van der Waals surface area (Å²) in [6, 6.07) is 3.24. The summed E-state index contributed by atoms with van der Waals surface area (Å²) in [4.78, 5) is 29.8. The molecule has 0 bridgehead atoms. The number of amides is 2. The SMILES string of the molecule is CC(C)CN(CC(=O)Nc1nccs1)C(=O)c1ccco1. The maximum Gasteiger partial charge on any atom is 0.290 e. The molecular formula is C14H17N3O3S. The molecule has 21 heavy (non-hydrogen) atoms. The van der Waals surface area contributed by atoms with Crippen molar-refractivity contribution in [2.75, 3.05) is 18.4 Å². The van der Waals surface area contributed by atoms with Crippen molar-refractivity contribution in [3.63, 3.8) is 0 Å². The number of thiazole rings is 1. The van der Waals surface area contributed by atoms with Crippen LogP contribution in [-0.2, 0) is 4.79 Å². The minimum absolute atomic E-state index is 0.0305. The van der Waals surface area contributed by atoms with Gasteiger partial charge in [-0.25, -0.2) is 4.98 Å². The second kappa shape index (κ2) is 7.03. The van der Waals surface area contributed by atoms with Crippen molar-refractivity contribution in [1.82, 2.24) is 9.88 Å². The molecule has 1 N–H and O–H groups in total. The standard InChI is InChI=1S/C14H17N3O3S/c1-10(2)8-17(13(19)11-4-3-6-20-11)9-12(18)16-14-15-5-7-21-14/h3-7,10H,8-9H2,1-2H3,(H,15,16,18). The Morgan fingerprint density at radius 2 is 2.29 bits per heavy atom. The van der Waals surface area contributed by atoms with Gasteiger partial charge in [0.2, 0.25) is 5.91 Å². The predicted octanol–water partition coefficient (Wildman–Crippen LogP) is 2.47. The van der Waals surface area contributed by atoms with Crippen LogP contribution in [0, 0.1) is 5.92 Å². The number of nitrogens with one attached hydrogen (secondary N) is 1. The van der Waals surface area contributed by atoms with Gasteiger partial charge in [0, 0.05) is 18.1 Å². The lowest BCUT2D eigenvalue weighted by Gasteiger charge is -2.22. The molecule has 7 heteroatoms. The highest BCUT2D eigenvalue weighted by Gasteiger charge is 2.22. The second-order valence-corrected chi connectivity index (χ2v) is 5.84. The summed E-state index contributed by atoms with van der Waals surface area (Å²) < 4.78 is 5.11. The van der Waals surface area contributed by atoms with Gasteiger partial charge >= 0.3 is 0 Å². The monoisotopic (exact) mass is 307 g/mol. The first-order chi connectivity index (χ1) is 10.1. The number of nitrogens with zero attached hydrogens (tertiary/aromatic N) is 2. The summed E-state index contributed by atoms with van der Waals surface area (Å²) in [5.41, 5.74) is 0. The first kappa shape index (κ1) is 15.2. The summed E-state index contributed by atoms with van der Waals surface area (Å²) in [6.07, 6.45) is 3.05. The third-order valence-electron chi connectivity index (χ3n) is 2.62. The van der Waals surface area contributed by atoms with E-state index >= 15 is 0 Å². The lowest BCUT2D eigenvalue weighted by molar-refractivity contribution is -0.117. The van der Waals surface area contributed by atoms with Gasteiger partial charge in [0.25, 0.3) is 5.91 Å². The van der Waals surface area contributed by atoms with E-state index in [9.17, 15) is 9.59 Å². The van der Waals surface area contributed by atoms with Crippen LogP contribution in [0.25, 0.3) is 0 Å². The van der Waals surface area contributed by atoms with Gasteiger partial charge in [-0.1, -0.05) is 13.8 Å². The maximum atomic E-state index is 12.3. The van der Waals surface area contributed by atoms with E-state index in [1.54, 1.807) is 23.7 Å². The third kappa shape index (κ3) is 4.42. The first-order valence-electron chi connectivity index (χ1n) is 6.58. The molecule has 6 nitrogen and oxygen atoms in total. The lowest BCUT2D eigenvalue weighted by atomic mass is 10.2. The van der Waals surface area contributed by atoms with Crippen molar-refractivity contribution < 1.29 is 14.0 Å². The highest BCUT2D eigenvalue weighted by atomic mass is 32.1. The van der Waals surface area contributed by atoms with E-state index in [2.05, 4.69) is 10.3 Å². The van der Waals surface area contributed by atoms with Crippen LogP contribution in [0.1, 0.15) is 24.4 Å². The Labute approximate surface area is 126 Å². The summed E-state index contributed by atoms with van der Waals surface area (Å²) in [5.74, 6) is -0.0808. The first-order valence-corrected chi connectivity index (χ1v) is 7.46. The molecule has 0 saturated heterocycles. The van der Waals surface area contributed by atoms with Gasteiger partial charge in [0.15, 0.2) is 10.9 Å². The van der Waals surface area contributed by atoms with Crippen LogP contribution in [0.4, 0.5) is 5.13 Å². The fourth-order valence-corrected chi connectivity index (χ4v) is 2.38. The highest BCUT2D eigenvalue weighted by Crippen LogP contribution is 2.12. The molecule has 112 valence electrons. The number of carbonyl (C=O) groups is 2. The third-order valence-corrected chi connectivity index (χ3v) is 3.31. The minimum Gasteiger partial charge on any atom is -0.459 e. The van der Waals surface area contributed by atoms with Crippen molar-refractivity contribution in [3.05, 3.63) is 35.7 Å². The largest absolute Gasteiger partial charge is 0.459 e. The Bertz CT molecular complexity index is 579. The molecule has 2 heterocycles. The van der Waals surface area contributed by atoms with Gasteiger partial charge in [-0.3, -0.25) is 9.59 Å². The predicted molar refractivity (Wildman–Crippen MR) is 80.2 cm³/mol. The highest BCUT2D eigenvalue weighted by molar-refractivity contribution is 7.13. The molecule has 2 rings (SSSR count). The van der Waals surface area contributed by atoms with E-state index in [1.165, 1.54) is 22.5 Å². The Balaban J connectivity index is 2.02. The molecule has 0 aliphatic carbocycles.